The summed E-state index contributed by atoms with van der Waals surface area (Å²) in [7, 11) is 0. The van der Waals surface area contributed by atoms with E-state index in [1.54, 1.807) is 24.2 Å². The topological polar surface area (TPSA) is 51.8 Å². The molecule has 0 aliphatic carbocycles. The number of hydrogen-bond acceptors (Lipinski definition) is 4. The molecule has 1 aromatic rings. The Morgan fingerprint density at radius 1 is 1.50 bits per heavy atom. The van der Waals surface area contributed by atoms with Gasteiger partial charge in [-0.3, -0.25) is 0 Å². The minimum Gasteiger partial charge on any atom is -0.368 e. The van der Waals surface area contributed by atoms with Crippen LogP contribution in [0.5, 0.6) is 0 Å². The van der Waals surface area contributed by atoms with E-state index in [2.05, 4.69) is 15.9 Å². The number of nitrogens with two attached hydrogens (primary N) is 1. The quantitative estimate of drug-likeness (QED) is 0.430. The smallest absolute Gasteiger partial charge is 0.219 e. The highest BCUT2D eigenvalue weighted by molar-refractivity contribution is 7.99. The number of terminal acetylenes is 1. The van der Waals surface area contributed by atoms with Gasteiger partial charge >= 0.3 is 0 Å². The van der Waals surface area contributed by atoms with E-state index < -0.39 is 0 Å². The minimum absolute atomic E-state index is 0.302. The molecule has 0 fully saturated rings. The monoisotopic (exact) mass is 179 g/mol. The molecular weight excluding hydrogens is 170 g/mol. The van der Waals surface area contributed by atoms with Crippen molar-refractivity contribution in [3.8, 4) is 12.3 Å². The number of rotatable bonds is 3. The zero-order chi connectivity index (χ0) is 8.81. The lowest BCUT2D eigenvalue weighted by Crippen LogP contribution is -1.93. The number of nitrogens with zero attached hydrogens (tertiary/aromatic N) is 2. The third-order valence-electron chi connectivity index (χ3n) is 1.16. The van der Waals surface area contributed by atoms with Crippen LogP contribution in [0.25, 0.3) is 0 Å². The SMILES string of the molecule is C#CCCSc1cnc(N)nc1. The van der Waals surface area contributed by atoms with E-state index in [4.69, 9.17) is 12.2 Å². The molecule has 0 atom stereocenters. The average Bonchev–Trinajstić information content (AvgIpc) is 2.09. The maximum Gasteiger partial charge on any atom is 0.219 e. The van der Waals surface area contributed by atoms with Gasteiger partial charge < -0.3 is 5.73 Å². The molecule has 0 saturated carbocycles. The lowest BCUT2D eigenvalue weighted by molar-refractivity contribution is 1.11. The summed E-state index contributed by atoms with van der Waals surface area (Å²) in [5, 5.41) is 0. The van der Waals surface area contributed by atoms with Crippen LogP contribution in [0, 0.1) is 12.3 Å². The van der Waals surface area contributed by atoms with Gasteiger partial charge in [0.05, 0.1) is 0 Å². The Bertz CT molecular complexity index is 275. The minimum atomic E-state index is 0.302. The molecule has 4 heteroatoms. The highest BCUT2D eigenvalue weighted by Gasteiger charge is 1.93. The van der Waals surface area contributed by atoms with Crippen LogP contribution in [-0.4, -0.2) is 15.7 Å². The Hall–Kier alpha value is -1.21. The van der Waals surface area contributed by atoms with Crippen LogP contribution >= 0.6 is 11.8 Å². The van der Waals surface area contributed by atoms with E-state index in [0.29, 0.717) is 5.95 Å². The molecule has 0 spiro atoms. The zero-order valence-corrected chi connectivity index (χ0v) is 7.34. The van der Waals surface area contributed by atoms with Crippen LogP contribution in [0.1, 0.15) is 6.42 Å². The third kappa shape index (κ3) is 2.81. The standard InChI is InChI=1S/C8H9N3S/c1-2-3-4-12-7-5-10-8(9)11-6-7/h1,5-6H,3-4H2,(H2,9,10,11). The van der Waals surface area contributed by atoms with Gasteiger partial charge in [-0.15, -0.1) is 24.1 Å². The molecule has 0 aliphatic rings. The summed E-state index contributed by atoms with van der Waals surface area (Å²) >= 11 is 1.63. The highest BCUT2D eigenvalue weighted by atomic mass is 32.2. The van der Waals surface area contributed by atoms with Crippen molar-refractivity contribution >= 4 is 17.7 Å². The zero-order valence-electron chi connectivity index (χ0n) is 6.53. The molecule has 62 valence electrons. The Balaban J connectivity index is 2.43. The van der Waals surface area contributed by atoms with Gasteiger partial charge in [-0.25, -0.2) is 9.97 Å². The normalized spacial score (nSPS) is 9.25. The molecule has 0 saturated heterocycles. The predicted octanol–water partition coefficient (Wildman–Crippen LogP) is 1.17. The number of aromatic nitrogens is 2. The second-order valence-corrected chi connectivity index (χ2v) is 3.25. The van der Waals surface area contributed by atoms with Crippen LogP contribution in [-0.2, 0) is 0 Å². The van der Waals surface area contributed by atoms with Crippen molar-refractivity contribution in [1.29, 1.82) is 0 Å². The Labute approximate surface area is 75.8 Å². The molecule has 2 N–H and O–H groups in total. The summed E-state index contributed by atoms with van der Waals surface area (Å²) in [4.78, 5) is 8.70. The molecule has 1 aromatic heterocycles. The fraction of sp³-hybridized carbons (Fsp3) is 0.250. The van der Waals surface area contributed by atoms with E-state index >= 15 is 0 Å². The summed E-state index contributed by atoms with van der Waals surface area (Å²) in [6.07, 6.45) is 9.26. The molecule has 0 aromatic carbocycles. The first-order chi connectivity index (χ1) is 5.83. The molecule has 0 radical (unpaired) electrons. The maximum absolute atomic E-state index is 5.32. The van der Waals surface area contributed by atoms with E-state index in [1.807, 2.05) is 0 Å². The summed E-state index contributed by atoms with van der Waals surface area (Å²) in [5.41, 5.74) is 5.32. The van der Waals surface area contributed by atoms with Crippen molar-refractivity contribution in [2.75, 3.05) is 11.5 Å². The molecule has 12 heavy (non-hydrogen) atoms. The Morgan fingerprint density at radius 2 is 2.17 bits per heavy atom. The van der Waals surface area contributed by atoms with Crippen molar-refractivity contribution in [2.45, 2.75) is 11.3 Å². The average molecular weight is 179 g/mol. The highest BCUT2D eigenvalue weighted by Crippen LogP contribution is 2.16. The molecular formula is C8H9N3S. The van der Waals surface area contributed by atoms with Crippen LogP contribution in [0.3, 0.4) is 0 Å². The van der Waals surface area contributed by atoms with Crippen LogP contribution in [0.4, 0.5) is 5.95 Å². The second-order valence-electron chi connectivity index (χ2n) is 2.08. The van der Waals surface area contributed by atoms with Gasteiger partial charge in [-0.05, 0) is 0 Å². The number of hydrogen-bond donors (Lipinski definition) is 1. The number of anilines is 1. The third-order valence-corrected chi connectivity index (χ3v) is 2.12. The van der Waals surface area contributed by atoms with E-state index in [1.165, 1.54) is 0 Å². The summed E-state index contributed by atoms with van der Waals surface area (Å²) in [6.45, 7) is 0. The van der Waals surface area contributed by atoms with Crippen LogP contribution < -0.4 is 5.73 Å². The van der Waals surface area contributed by atoms with E-state index in [0.717, 1.165) is 17.1 Å². The lowest BCUT2D eigenvalue weighted by Gasteiger charge is -1.96. The predicted molar refractivity (Wildman–Crippen MR) is 50.6 cm³/mol. The molecule has 1 heterocycles. The first kappa shape index (κ1) is 8.88. The van der Waals surface area contributed by atoms with Crippen LogP contribution in [0.2, 0.25) is 0 Å². The number of thioether (sulfide) groups is 1. The molecule has 0 amide bonds. The van der Waals surface area contributed by atoms with Gasteiger partial charge in [-0.2, -0.15) is 0 Å². The van der Waals surface area contributed by atoms with Gasteiger partial charge in [0.1, 0.15) is 0 Å². The fourth-order valence-electron chi connectivity index (χ4n) is 0.629. The van der Waals surface area contributed by atoms with Crippen molar-refractivity contribution in [3.05, 3.63) is 12.4 Å². The Morgan fingerprint density at radius 3 is 2.75 bits per heavy atom. The van der Waals surface area contributed by atoms with Gasteiger partial charge in [-0.1, -0.05) is 0 Å². The Kier molecular flexibility index (Phi) is 3.42. The van der Waals surface area contributed by atoms with Crippen molar-refractivity contribution < 1.29 is 0 Å². The van der Waals surface area contributed by atoms with Gasteiger partial charge in [0.25, 0.3) is 0 Å². The molecule has 3 nitrogen and oxygen atoms in total. The van der Waals surface area contributed by atoms with Gasteiger partial charge in [0.15, 0.2) is 0 Å². The summed E-state index contributed by atoms with van der Waals surface area (Å²) < 4.78 is 0. The number of nitrogen functional groups attached to an aromatic ring is 1. The molecule has 0 bridgehead atoms. The largest absolute Gasteiger partial charge is 0.368 e. The fourth-order valence-corrected chi connectivity index (χ4v) is 1.34. The lowest BCUT2D eigenvalue weighted by atomic mass is 10.5. The first-order valence-electron chi connectivity index (χ1n) is 3.46. The van der Waals surface area contributed by atoms with E-state index in [-0.39, 0.29) is 0 Å². The first-order valence-corrected chi connectivity index (χ1v) is 4.45. The second kappa shape index (κ2) is 4.62. The summed E-state index contributed by atoms with van der Waals surface area (Å²) in [6, 6.07) is 0. The molecule has 1 rings (SSSR count). The summed E-state index contributed by atoms with van der Waals surface area (Å²) in [5.74, 6) is 3.76. The van der Waals surface area contributed by atoms with Crippen molar-refractivity contribution in [1.82, 2.24) is 9.97 Å². The molecule has 0 aliphatic heterocycles. The van der Waals surface area contributed by atoms with Gasteiger partial charge in [0, 0.05) is 29.5 Å². The van der Waals surface area contributed by atoms with E-state index in [9.17, 15) is 0 Å². The van der Waals surface area contributed by atoms with Crippen LogP contribution in [0.15, 0.2) is 17.3 Å². The van der Waals surface area contributed by atoms with Gasteiger partial charge in [0.2, 0.25) is 5.95 Å². The maximum atomic E-state index is 5.32. The molecule has 0 unspecified atom stereocenters. The van der Waals surface area contributed by atoms with Crippen molar-refractivity contribution in [2.24, 2.45) is 0 Å². The van der Waals surface area contributed by atoms with Crippen molar-refractivity contribution in [3.63, 3.8) is 0 Å².